The smallest absolute Gasteiger partial charge is 0.237 e. The number of nitrogens with two attached hydrogens (primary N) is 1. The van der Waals surface area contributed by atoms with Gasteiger partial charge in [-0.1, -0.05) is 6.92 Å². The molecular formula is C19H32ClFN4OS. The van der Waals surface area contributed by atoms with Crippen LogP contribution in [-0.4, -0.2) is 61.6 Å². The molecule has 0 saturated carbocycles. The molecule has 5 nitrogen and oxygen atoms in total. The molecule has 1 saturated heterocycles. The zero-order valence-corrected chi connectivity index (χ0v) is 18.0. The van der Waals surface area contributed by atoms with Gasteiger partial charge in [0.25, 0.3) is 0 Å². The summed E-state index contributed by atoms with van der Waals surface area (Å²) in [5.41, 5.74) is 7.75. The maximum Gasteiger partial charge on any atom is 0.237 e. The summed E-state index contributed by atoms with van der Waals surface area (Å²) >= 11 is 1.67. The Kier molecular flexibility index (Phi) is 10.4. The fourth-order valence-corrected chi connectivity index (χ4v) is 3.73. The highest BCUT2D eigenvalue weighted by molar-refractivity contribution is 7.98. The van der Waals surface area contributed by atoms with Crippen molar-refractivity contribution in [3.8, 4) is 0 Å². The van der Waals surface area contributed by atoms with Gasteiger partial charge in [-0.25, -0.2) is 4.39 Å². The number of thioether (sulfide) groups is 1. The van der Waals surface area contributed by atoms with E-state index in [9.17, 15) is 9.18 Å². The van der Waals surface area contributed by atoms with Gasteiger partial charge in [-0.05, 0) is 50.1 Å². The van der Waals surface area contributed by atoms with Crippen LogP contribution in [0.25, 0.3) is 0 Å². The second kappa shape index (κ2) is 11.7. The quantitative estimate of drug-likeness (QED) is 0.679. The first-order valence-electron chi connectivity index (χ1n) is 9.27. The molecule has 1 amide bonds. The predicted molar refractivity (Wildman–Crippen MR) is 116 cm³/mol. The summed E-state index contributed by atoms with van der Waals surface area (Å²) < 4.78 is 13.9. The molecule has 1 aromatic rings. The van der Waals surface area contributed by atoms with Crippen LogP contribution in [0.5, 0.6) is 0 Å². The highest BCUT2D eigenvalue weighted by atomic mass is 35.5. The molecule has 0 aliphatic carbocycles. The van der Waals surface area contributed by atoms with Gasteiger partial charge in [0.05, 0.1) is 12.1 Å². The average Bonchev–Trinajstić information content (AvgIpc) is 2.66. The van der Waals surface area contributed by atoms with Gasteiger partial charge in [-0.2, -0.15) is 11.8 Å². The number of nitrogens with one attached hydrogen (secondary N) is 1. The maximum absolute atomic E-state index is 13.9. The number of hydrogen-bond acceptors (Lipinski definition) is 5. The molecule has 27 heavy (non-hydrogen) atoms. The van der Waals surface area contributed by atoms with Gasteiger partial charge in [0.2, 0.25) is 5.91 Å². The van der Waals surface area contributed by atoms with Crippen LogP contribution < -0.4 is 16.0 Å². The van der Waals surface area contributed by atoms with E-state index in [-0.39, 0.29) is 30.2 Å². The minimum Gasteiger partial charge on any atom is -0.369 e. The van der Waals surface area contributed by atoms with Crippen molar-refractivity contribution in [2.45, 2.75) is 32.4 Å². The predicted octanol–water partition coefficient (Wildman–Crippen LogP) is 2.65. The van der Waals surface area contributed by atoms with Gasteiger partial charge in [-0.3, -0.25) is 4.79 Å². The number of anilines is 1. The SMILES string of the molecule is CCN1CCN(c2ccc(F)cc2C(C)NC(=O)[C@@H](N)CCSC)CC1.Cl. The third-order valence-corrected chi connectivity index (χ3v) is 5.59. The van der Waals surface area contributed by atoms with E-state index < -0.39 is 6.04 Å². The fraction of sp³-hybridized carbons (Fsp3) is 0.632. The van der Waals surface area contributed by atoms with E-state index in [2.05, 4.69) is 22.0 Å². The summed E-state index contributed by atoms with van der Waals surface area (Å²) in [6, 6.07) is 4.01. The van der Waals surface area contributed by atoms with Gasteiger partial charge < -0.3 is 20.9 Å². The molecule has 1 unspecified atom stereocenters. The van der Waals surface area contributed by atoms with Crippen LogP contribution in [-0.2, 0) is 4.79 Å². The number of amides is 1. The van der Waals surface area contributed by atoms with Crippen LogP contribution in [0.2, 0.25) is 0 Å². The first-order chi connectivity index (χ1) is 12.5. The Morgan fingerprint density at radius 1 is 1.33 bits per heavy atom. The topological polar surface area (TPSA) is 61.6 Å². The molecule has 2 atom stereocenters. The van der Waals surface area contributed by atoms with Crippen molar-refractivity contribution in [2.75, 3.05) is 49.6 Å². The molecule has 1 aliphatic rings. The van der Waals surface area contributed by atoms with Crippen molar-refractivity contribution >= 4 is 35.8 Å². The lowest BCUT2D eigenvalue weighted by Gasteiger charge is -2.37. The molecule has 1 fully saturated rings. The zero-order chi connectivity index (χ0) is 19.1. The lowest BCUT2D eigenvalue weighted by Crippen LogP contribution is -2.47. The molecule has 3 N–H and O–H groups in total. The van der Waals surface area contributed by atoms with E-state index >= 15 is 0 Å². The molecule has 0 spiro atoms. The molecule has 2 rings (SSSR count). The van der Waals surface area contributed by atoms with Crippen LogP contribution >= 0.6 is 24.2 Å². The van der Waals surface area contributed by atoms with E-state index in [1.807, 2.05) is 19.2 Å². The second-order valence-corrected chi connectivity index (χ2v) is 7.73. The number of piperazine rings is 1. The number of halogens is 2. The Balaban J connectivity index is 0.00000364. The third kappa shape index (κ3) is 6.82. The largest absolute Gasteiger partial charge is 0.369 e. The van der Waals surface area contributed by atoms with E-state index in [1.54, 1.807) is 11.8 Å². The second-order valence-electron chi connectivity index (χ2n) is 6.74. The average molecular weight is 419 g/mol. The monoisotopic (exact) mass is 418 g/mol. The summed E-state index contributed by atoms with van der Waals surface area (Å²) in [6.07, 6.45) is 2.62. The zero-order valence-electron chi connectivity index (χ0n) is 16.4. The normalized spacial score (nSPS) is 17.1. The summed E-state index contributed by atoms with van der Waals surface area (Å²) in [5, 5.41) is 2.95. The van der Waals surface area contributed by atoms with E-state index in [4.69, 9.17) is 5.73 Å². The summed E-state index contributed by atoms with van der Waals surface area (Å²) in [6.45, 7) is 8.89. The van der Waals surface area contributed by atoms with Crippen molar-refractivity contribution in [1.82, 2.24) is 10.2 Å². The molecule has 1 aliphatic heterocycles. The highest BCUT2D eigenvalue weighted by Gasteiger charge is 2.23. The molecule has 154 valence electrons. The van der Waals surface area contributed by atoms with Gasteiger partial charge in [0.1, 0.15) is 5.82 Å². The Hall–Kier alpha value is -1.02. The highest BCUT2D eigenvalue weighted by Crippen LogP contribution is 2.28. The number of rotatable bonds is 8. The van der Waals surface area contributed by atoms with Crippen molar-refractivity contribution in [3.63, 3.8) is 0 Å². The van der Waals surface area contributed by atoms with Gasteiger partial charge in [-0.15, -0.1) is 12.4 Å². The minimum absolute atomic E-state index is 0. The van der Waals surface area contributed by atoms with E-state index in [0.29, 0.717) is 6.42 Å². The molecule has 0 aromatic heterocycles. The lowest BCUT2D eigenvalue weighted by atomic mass is 10.0. The van der Waals surface area contributed by atoms with Crippen molar-refractivity contribution < 1.29 is 9.18 Å². The van der Waals surface area contributed by atoms with Crippen LogP contribution in [0.4, 0.5) is 10.1 Å². The Labute approximate surface area is 172 Å². The number of carbonyl (C=O) groups is 1. The van der Waals surface area contributed by atoms with Gasteiger partial charge in [0, 0.05) is 37.4 Å². The van der Waals surface area contributed by atoms with Crippen molar-refractivity contribution in [3.05, 3.63) is 29.6 Å². The Bertz CT molecular complexity index is 599. The molecule has 1 aromatic carbocycles. The van der Waals surface area contributed by atoms with Crippen molar-refractivity contribution in [2.24, 2.45) is 5.73 Å². The maximum atomic E-state index is 13.9. The van der Waals surface area contributed by atoms with Gasteiger partial charge in [0.15, 0.2) is 0 Å². The molecule has 0 bridgehead atoms. The van der Waals surface area contributed by atoms with Crippen LogP contribution in [0.3, 0.4) is 0 Å². The van der Waals surface area contributed by atoms with E-state index in [0.717, 1.165) is 49.7 Å². The lowest BCUT2D eigenvalue weighted by molar-refractivity contribution is -0.123. The van der Waals surface area contributed by atoms with Gasteiger partial charge >= 0.3 is 0 Å². The number of hydrogen-bond donors (Lipinski definition) is 2. The number of likely N-dealkylation sites (N-methyl/N-ethyl adjacent to an activating group) is 1. The number of nitrogens with zero attached hydrogens (tertiary/aromatic N) is 2. The summed E-state index contributed by atoms with van der Waals surface area (Å²) in [4.78, 5) is 17.0. The first-order valence-corrected chi connectivity index (χ1v) is 10.7. The minimum atomic E-state index is -0.532. The van der Waals surface area contributed by atoms with Crippen LogP contribution in [0.15, 0.2) is 18.2 Å². The number of carbonyl (C=O) groups excluding carboxylic acids is 1. The molecule has 8 heteroatoms. The Morgan fingerprint density at radius 2 is 2.00 bits per heavy atom. The Morgan fingerprint density at radius 3 is 2.59 bits per heavy atom. The number of benzene rings is 1. The first kappa shape index (κ1) is 24.0. The molecule has 0 radical (unpaired) electrons. The summed E-state index contributed by atoms with van der Waals surface area (Å²) in [5.74, 6) is 0.372. The van der Waals surface area contributed by atoms with Crippen LogP contribution in [0.1, 0.15) is 31.9 Å². The fourth-order valence-electron chi connectivity index (χ4n) is 3.24. The standard InChI is InChI=1S/C19H31FN4OS.ClH/c1-4-23-8-10-24(11-9-23)18-6-5-15(20)13-16(18)14(2)22-19(25)17(21)7-12-26-3;/h5-6,13-14,17H,4,7-12,21H2,1-3H3,(H,22,25);1H/t14?,17-;/m0./s1. The molecule has 1 heterocycles. The van der Waals surface area contributed by atoms with Crippen molar-refractivity contribution in [1.29, 1.82) is 0 Å². The summed E-state index contributed by atoms with van der Waals surface area (Å²) in [7, 11) is 0. The van der Waals surface area contributed by atoms with Crippen LogP contribution in [0, 0.1) is 5.82 Å². The van der Waals surface area contributed by atoms with E-state index in [1.165, 1.54) is 12.1 Å². The molecular weight excluding hydrogens is 387 g/mol. The third-order valence-electron chi connectivity index (χ3n) is 4.94.